The standard InChI is InChI=1S/C38H43F2N4O9P/c1-6-51-54(48,52-7-2)23-44(35(45)24(3)4)18-19-50-34-21-28-30(22-33(34)49-5)41-17-14-31(28)53-32-13-12-27(20-29(32)40)43-37(47)38(15-16-38)36(46)42-26-10-8-25(39)9-11-26/h8-14,17,20-22,24H,6-7,15-16,18-19,23H2,1-5H3,(H,42,46)(H,43,47). The minimum Gasteiger partial charge on any atom is -0.493 e. The van der Waals surface area contributed by atoms with E-state index in [1.807, 2.05) is 0 Å². The first-order valence-electron chi connectivity index (χ1n) is 17.4. The Morgan fingerprint density at radius 3 is 2.11 bits per heavy atom. The first-order chi connectivity index (χ1) is 25.8. The molecule has 4 aromatic rings. The number of fused-ring (bicyclic) bond motifs is 1. The number of aromatic nitrogens is 1. The molecule has 1 aliphatic rings. The lowest BCUT2D eigenvalue weighted by Gasteiger charge is -2.28. The van der Waals surface area contributed by atoms with Gasteiger partial charge >= 0.3 is 7.60 Å². The van der Waals surface area contributed by atoms with E-state index in [-0.39, 0.29) is 67.4 Å². The zero-order valence-corrected chi connectivity index (χ0v) is 31.5. The molecule has 0 atom stereocenters. The molecule has 2 N–H and O–H groups in total. The molecule has 1 aliphatic carbocycles. The highest BCUT2D eigenvalue weighted by atomic mass is 31.2. The molecular formula is C38H43F2N4O9P. The lowest BCUT2D eigenvalue weighted by molar-refractivity contribution is -0.134. The van der Waals surface area contributed by atoms with Crippen molar-refractivity contribution >= 4 is 47.6 Å². The highest BCUT2D eigenvalue weighted by Crippen LogP contribution is 2.49. The third-order valence-corrected chi connectivity index (χ3v) is 10.5. The maximum absolute atomic E-state index is 15.4. The zero-order chi connectivity index (χ0) is 39.0. The number of benzene rings is 3. The van der Waals surface area contributed by atoms with E-state index >= 15 is 4.39 Å². The van der Waals surface area contributed by atoms with Crippen molar-refractivity contribution in [3.05, 3.63) is 78.5 Å². The first-order valence-corrected chi connectivity index (χ1v) is 19.2. The van der Waals surface area contributed by atoms with E-state index in [9.17, 15) is 23.3 Å². The number of anilines is 2. The second-order valence-corrected chi connectivity index (χ2v) is 14.8. The number of hydrogen-bond donors (Lipinski definition) is 2. The number of methoxy groups -OCH3 is 1. The van der Waals surface area contributed by atoms with Crippen LogP contribution in [0.3, 0.4) is 0 Å². The summed E-state index contributed by atoms with van der Waals surface area (Å²) in [6.07, 6.45) is 1.85. The second kappa shape index (κ2) is 17.4. The van der Waals surface area contributed by atoms with E-state index in [2.05, 4.69) is 15.6 Å². The summed E-state index contributed by atoms with van der Waals surface area (Å²) in [7, 11) is -2.12. The maximum Gasteiger partial charge on any atom is 0.349 e. The van der Waals surface area contributed by atoms with Crippen LogP contribution in [0.4, 0.5) is 20.2 Å². The average Bonchev–Trinajstić information content (AvgIpc) is 3.96. The van der Waals surface area contributed by atoms with Gasteiger partial charge in [-0.05, 0) is 75.2 Å². The number of carbonyl (C=O) groups is 3. The van der Waals surface area contributed by atoms with Crippen molar-refractivity contribution in [1.82, 2.24) is 9.88 Å². The number of nitrogens with zero attached hydrogens (tertiary/aromatic N) is 2. The van der Waals surface area contributed by atoms with Crippen molar-refractivity contribution < 1.29 is 51.0 Å². The van der Waals surface area contributed by atoms with Gasteiger partial charge < -0.3 is 38.8 Å². The van der Waals surface area contributed by atoms with Gasteiger partial charge in [0.1, 0.15) is 29.9 Å². The molecule has 54 heavy (non-hydrogen) atoms. The summed E-state index contributed by atoms with van der Waals surface area (Å²) in [6, 6.07) is 13.9. The Bertz CT molecular complexity index is 2030. The molecule has 0 spiro atoms. The Kier molecular flexibility index (Phi) is 12.9. The number of halogens is 2. The van der Waals surface area contributed by atoms with Crippen molar-refractivity contribution in [3.8, 4) is 23.0 Å². The molecule has 5 rings (SSSR count). The van der Waals surface area contributed by atoms with Crippen LogP contribution in [0, 0.1) is 23.0 Å². The molecule has 16 heteroatoms. The molecule has 0 radical (unpaired) electrons. The van der Waals surface area contributed by atoms with Gasteiger partial charge in [-0.15, -0.1) is 0 Å². The largest absolute Gasteiger partial charge is 0.493 e. The SMILES string of the molecule is CCOP(=O)(CN(CCOc1cc2c(Oc3ccc(NC(=O)C4(C(=O)Nc5ccc(F)cc5)CC4)cc3F)ccnc2cc1OC)C(=O)C(C)C)OCC. The molecule has 1 saturated carbocycles. The van der Waals surface area contributed by atoms with Gasteiger partial charge in [-0.1, -0.05) is 13.8 Å². The summed E-state index contributed by atoms with van der Waals surface area (Å²) in [5.41, 5.74) is -0.397. The van der Waals surface area contributed by atoms with Crippen LogP contribution < -0.4 is 24.8 Å². The van der Waals surface area contributed by atoms with Gasteiger partial charge in [-0.3, -0.25) is 23.9 Å². The molecule has 288 valence electrons. The summed E-state index contributed by atoms with van der Waals surface area (Å²) in [4.78, 5) is 44.9. The van der Waals surface area contributed by atoms with Gasteiger partial charge in [0.25, 0.3) is 0 Å². The number of hydrogen-bond acceptors (Lipinski definition) is 10. The number of rotatable bonds is 18. The van der Waals surface area contributed by atoms with Crippen molar-refractivity contribution in [2.24, 2.45) is 11.3 Å². The van der Waals surface area contributed by atoms with Gasteiger partial charge in [-0.2, -0.15) is 0 Å². The van der Waals surface area contributed by atoms with Crippen molar-refractivity contribution in [2.75, 3.05) is 50.4 Å². The van der Waals surface area contributed by atoms with Crippen molar-refractivity contribution in [1.29, 1.82) is 0 Å². The third kappa shape index (κ3) is 9.51. The Balaban J connectivity index is 1.29. The minimum absolute atomic E-state index is 0.00791. The number of ether oxygens (including phenoxy) is 3. The smallest absolute Gasteiger partial charge is 0.349 e. The lowest BCUT2D eigenvalue weighted by atomic mass is 10.0. The molecule has 1 fully saturated rings. The number of amides is 3. The fourth-order valence-electron chi connectivity index (χ4n) is 5.59. The Morgan fingerprint density at radius 1 is 0.870 bits per heavy atom. The number of nitrogens with one attached hydrogen (secondary N) is 2. The second-order valence-electron chi connectivity index (χ2n) is 12.8. The molecule has 3 amide bonds. The van der Waals surface area contributed by atoms with E-state index in [1.54, 1.807) is 45.9 Å². The Morgan fingerprint density at radius 2 is 1.52 bits per heavy atom. The fraction of sp³-hybridized carbons (Fsp3) is 0.368. The fourth-order valence-corrected chi connectivity index (χ4v) is 7.31. The molecule has 0 aliphatic heterocycles. The third-order valence-electron chi connectivity index (χ3n) is 8.54. The normalized spacial score (nSPS) is 13.3. The quantitative estimate of drug-likeness (QED) is 0.0758. The van der Waals surface area contributed by atoms with Crippen LogP contribution in [0.25, 0.3) is 10.9 Å². The lowest BCUT2D eigenvalue weighted by Crippen LogP contribution is -2.38. The maximum atomic E-state index is 15.4. The van der Waals surface area contributed by atoms with Gasteiger partial charge in [0.05, 0.1) is 32.4 Å². The van der Waals surface area contributed by atoms with Crippen LogP contribution in [0.2, 0.25) is 0 Å². The molecule has 3 aromatic carbocycles. The molecule has 13 nitrogen and oxygen atoms in total. The van der Waals surface area contributed by atoms with Crippen LogP contribution in [0.5, 0.6) is 23.0 Å². The topological polar surface area (TPSA) is 155 Å². The predicted octanol–water partition coefficient (Wildman–Crippen LogP) is 7.76. The molecule has 0 bridgehead atoms. The summed E-state index contributed by atoms with van der Waals surface area (Å²) in [6.45, 7) is 7.21. The molecule has 1 aromatic heterocycles. The molecule has 0 unspecified atom stereocenters. The summed E-state index contributed by atoms with van der Waals surface area (Å²) in [5, 5.41) is 5.71. The van der Waals surface area contributed by atoms with Crippen molar-refractivity contribution in [2.45, 2.75) is 40.5 Å². The number of pyridine rings is 1. The Hall–Kier alpha value is -5.11. The molecule has 0 saturated heterocycles. The average molecular weight is 769 g/mol. The van der Waals surface area contributed by atoms with Gasteiger partial charge in [0.15, 0.2) is 23.1 Å². The molecular weight excluding hydrogens is 725 g/mol. The Labute approximate surface area is 311 Å². The predicted molar refractivity (Wildman–Crippen MR) is 198 cm³/mol. The highest BCUT2D eigenvalue weighted by Gasteiger charge is 2.56. The summed E-state index contributed by atoms with van der Waals surface area (Å²) in [5.74, 6) is -2.29. The van der Waals surface area contributed by atoms with Gasteiger partial charge in [0.2, 0.25) is 17.7 Å². The van der Waals surface area contributed by atoms with Crippen LogP contribution in [-0.2, 0) is 28.0 Å². The monoisotopic (exact) mass is 768 g/mol. The van der Waals surface area contributed by atoms with E-state index in [1.165, 1.54) is 54.6 Å². The van der Waals surface area contributed by atoms with E-state index in [0.29, 0.717) is 35.2 Å². The van der Waals surface area contributed by atoms with Gasteiger partial charge in [-0.25, -0.2) is 8.78 Å². The summed E-state index contributed by atoms with van der Waals surface area (Å²) < 4.78 is 70.3. The van der Waals surface area contributed by atoms with Crippen molar-refractivity contribution in [3.63, 3.8) is 0 Å². The minimum atomic E-state index is -3.58. The molecule has 1 heterocycles. The van der Waals surface area contributed by atoms with Crippen LogP contribution in [-0.4, -0.2) is 67.4 Å². The summed E-state index contributed by atoms with van der Waals surface area (Å²) >= 11 is 0. The van der Waals surface area contributed by atoms with E-state index < -0.39 is 36.5 Å². The highest BCUT2D eigenvalue weighted by molar-refractivity contribution is 7.53. The number of carbonyl (C=O) groups excluding carboxylic acids is 3. The van der Waals surface area contributed by atoms with Gasteiger partial charge in [0, 0.05) is 41.0 Å². The van der Waals surface area contributed by atoms with E-state index in [0.717, 1.165) is 6.07 Å². The zero-order valence-electron chi connectivity index (χ0n) is 30.6. The van der Waals surface area contributed by atoms with E-state index in [4.69, 9.17) is 23.3 Å². The first kappa shape index (κ1) is 40.1. The van der Waals surface area contributed by atoms with Crippen LogP contribution in [0.15, 0.2) is 66.9 Å². The van der Waals surface area contributed by atoms with Crippen LogP contribution in [0.1, 0.15) is 40.5 Å². The van der Waals surface area contributed by atoms with Crippen LogP contribution >= 0.6 is 7.60 Å².